The second-order valence-electron chi connectivity index (χ2n) is 5.47. The predicted octanol–water partition coefficient (Wildman–Crippen LogP) is 3.61. The molecule has 1 rings (SSSR count). The maximum absolute atomic E-state index is 5.76. The molecule has 0 bridgehead atoms. The summed E-state index contributed by atoms with van der Waals surface area (Å²) in [6.07, 6.45) is 1.12. The lowest BCUT2D eigenvalue weighted by atomic mass is 9.89. The Labute approximate surface area is 116 Å². The second-order valence-corrected chi connectivity index (χ2v) is 6.80. The van der Waals surface area contributed by atoms with Gasteiger partial charge in [0.2, 0.25) is 0 Å². The van der Waals surface area contributed by atoms with Crippen LogP contribution in [0.2, 0.25) is 0 Å². The molecule has 1 aromatic rings. The van der Waals surface area contributed by atoms with Gasteiger partial charge in [0.25, 0.3) is 0 Å². The highest BCUT2D eigenvalue weighted by atomic mass is 32.2. The third-order valence-corrected chi connectivity index (χ3v) is 4.16. The van der Waals surface area contributed by atoms with Crippen molar-refractivity contribution in [3.8, 4) is 0 Å². The lowest BCUT2D eigenvalue weighted by Crippen LogP contribution is -2.29. The standard InChI is InChI=1S/C15H26N2S/c1-5-18-14-8-6-13(7-9-14)17(4)11-10-15(2,3)12-16/h6-9H,5,10-12,16H2,1-4H3. The summed E-state index contributed by atoms with van der Waals surface area (Å²) in [4.78, 5) is 3.65. The fourth-order valence-electron chi connectivity index (χ4n) is 1.67. The van der Waals surface area contributed by atoms with Crippen molar-refractivity contribution in [1.29, 1.82) is 0 Å². The van der Waals surface area contributed by atoms with E-state index in [9.17, 15) is 0 Å². The number of thioether (sulfide) groups is 1. The molecule has 0 radical (unpaired) electrons. The summed E-state index contributed by atoms with van der Waals surface area (Å²) in [6.45, 7) is 8.42. The Bertz CT molecular complexity index is 346. The summed E-state index contributed by atoms with van der Waals surface area (Å²) >= 11 is 1.88. The number of rotatable bonds is 7. The van der Waals surface area contributed by atoms with Crippen molar-refractivity contribution in [2.75, 3.05) is 30.8 Å². The molecule has 0 saturated heterocycles. The van der Waals surface area contributed by atoms with E-state index in [4.69, 9.17) is 5.73 Å². The van der Waals surface area contributed by atoms with Gasteiger partial charge in [0, 0.05) is 24.2 Å². The first kappa shape index (κ1) is 15.4. The zero-order chi connectivity index (χ0) is 13.6. The van der Waals surface area contributed by atoms with Gasteiger partial charge < -0.3 is 10.6 Å². The first-order chi connectivity index (χ1) is 8.48. The Kier molecular flexibility index (Phi) is 6.03. The van der Waals surface area contributed by atoms with Gasteiger partial charge in [-0.2, -0.15) is 0 Å². The Balaban J connectivity index is 2.53. The number of hydrogen-bond donors (Lipinski definition) is 1. The molecule has 0 aliphatic rings. The van der Waals surface area contributed by atoms with Crippen LogP contribution in [0.1, 0.15) is 27.2 Å². The van der Waals surface area contributed by atoms with Crippen molar-refractivity contribution in [1.82, 2.24) is 0 Å². The highest BCUT2D eigenvalue weighted by Crippen LogP contribution is 2.23. The number of anilines is 1. The average molecular weight is 266 g/mol. The minimum absolute atomic E-state index is 0.228. The number of hydrogen-bond acceptors (Lipinski definition) is 3. The lowest BCUT2D eigenvalue weighted by Gasteiger charge is -2.27. The van der Waals surface area contributed by atoms with Gasteiger partial charge in [-0.05, 0) is 48.4 Å². The minimum atomic E-state index is 0.228. The summed E-state index contributed by atoms with van der Waals surface area (Å²) < 4.78 is 0. The molecule has 0 spiro atoms. The van der Waals surface area contributed by atoms with Gasteiger partial charge >= 0.3 is 0 Å². The molecule has 0 unspecified atom stereocenters. The molecular formula is C15H26N2S. The van der Waals surface area contributed by atoms with Crippen molar-refractivity contribution in [2.24, 2.45) is 11.1 Å². The lowest BCUT2D eigenvalue weighted by molar-refractivity contribution is 0.351. The summed E-state index contributed by atoms with van der Waals surface area (Å²) in [5.41, 5.74) is 7.27. The molecule has 0 aliphatic carbocycles. The monoisotopic (exact) mass is 266 g/mol. The zero-order valence-electron chi connectivity index (χ0n) is 12.1. The number of nitrogens with zero attached hydrogens (tertiary/aromatic N) is 1. The predicted molar refractivity (Wildman–Crippen MR) is 83.6 cm³/mol. The van der Waals surface area contributed by atoms with Crippen LogP contribution in [0.5, 0.6) is 0 Å². The highest BCUT2D eigenvalue weighted by molar-refractivity contribution is 7.99. The van der Waals surface area contributed by atoms with Crippen LogP contribution in [0.3, 0.4) is 0 Å². The van der Waals surface area contributed by atoms with E-state index in [2.05, 4.69) is 57.0 Å². The fraction of sp³-hybridized carbons (Fsp3) is 0.600. The van der Waals surface area contributed by atoms with Crippen LogP contribution in [0.15, 0.2) is 29.2 Å². The molecule has 2 N–H and O–H groups in total. The Hall–Kier alpha value is -0.670. The summed E-state index contributed by atoms with van der Waals surface area (Å²) in [5.74, 6) is 1.12. The molecule has 0 amide bonds. The normalized spacial score (nSPS) is 11.6. The highest BCUT2D eigenvalue weighted by Gasteiger charge is 2.16. The van der Waals surface area contributed by atoms with Crippen LogP contribution in [-0.4, -0.2) is 25.9 Å². The quantitative estimate of drug-likeness (QED) is 0.764. The molecule has 0 atom stereocenters. The summed E-state index contributed by atoms with van der Waals surface area (Å²) in [6, 6.07) is 8.81. The SMILES string of the molecule is CCSc1ccc(N(C)CCC(C)(C)CN)cc1. The van der Waals surface area contributed by atoms with E-state index in [-0.39, 0.29) is 5.41 Å². The van der Waals surface area contributed by atoms with Gasteiger partial charge in [0.1, 0.15) is 0 Å². The summed E-state index contributed by atoms with van der Waals surface area (Å²) in [5, 5.41) is 0. The molecule has 18 heavy (non-hydrogen) atoms. The molecular weight excluding hydrogens is 240 g/mol. The van der Waals surface area contributed by atoms with E-state index in [1.54, 1.807) is 0 Å². The molecule has 3 heteroatoms. The second kappa shape index (κ2) is 7.05. The molecule has 0 aromatic heterocycles. The number of nitrogens with two attached hydrogens (primary N) is 1. The van der Waals surface area contributed by atoms with Crippen molar-refractivity contribution in [2.45, 2.75) is 32.1 Å². The number of benzene rings is 1. The van der Waals surface area contributed by atoms with Crippen LogP contribution >= 0.6 is 11.8 Å². The molecule has 0 saturated carbocycles. The first-order valence-electron chi connectivity index (χ1n) is 6.62. The molecule has 0 aliphatic heterocycles. The fourth-order valence-corrected chi connectivity index (χ4v) is 2.33. The van der Waals surface area contributed by atoms with E-state index >= 15 is 0 Å². The first-order valence-corrected chi connectivity index (χ1v) is 7.61. The largest absolute Gasteiger partial charge is 0.375 e. The Morgan fingerprint density at radius 1 is 1.22 bits per heavy atom. The van der Waals surface area contributed by atoms with Gasteiger partial charge in [0.05, 0.1) is 0 Å². The van der Waals surface area contributed by atoms with Gasteiger partial charge in [0.15, 0.2) is 0 Å². The molecule has 1 aromatic carbocycles. The Morgan fingerprint density at radius 2 is 1.83 bits per heavy atom. The average Bonchev–Trinajstić information content (AvgIpc) is 2.37. The summed E-state index contributed by atoms with van der Waals surface area (Å²) in [7, 11) is 2.15. The van der Waals surface area contributed by atoms with Crippen LogP contribution in [0, 0.1) is 5.41 Å². The van der Waals surface area contributed by atoms with Gasteiger partial charge in [-0.3, -0.25) is 0 Å². The minimum Gasteiger partial charge on any atom is -0.375 e. The van der Waals surface area contributed by atoms with Crippen molar-refractivity contribution in [3.05, 3.63) is 24.3 Å². The zero-order valence-corrected chi connectivity index (χ0v) is 12.9. The van der Waals surface area contributed by atoms with Gasteiger partial charge in [-0.25, -0.2) is 0 Å². The van der Waals surface area contributed by atoms with Crippen LogP contribution in [0.4, 0.5) is 5.69 Å². The topological polar surface area (TPSA) is 29.3 Å². The van der Waals surface area contributed by atoms with Crippen molar-refractivity contribution >= 4 is 17.4 Å². The van der Waals surface area contributed by atoms with Crippen LogP contribution in [-0.2, 0) is 0 Å². The van der Waals surface area contributed by atoms with Crippen molar-refractivity contribution in [3.63, 3.8) is 0 Å². The van der Waals surface area contributed by atoms with Crippen LogP contribution in [0.25, 0.3) is 0 Å². The smallest absolute Gasteiger partial charge is 0.0364 e. The van der Waals surface area contributed by atoms with Gasteiger partial charge in [-0.15, -0.1) is 11.8 Å². The maximum Gasteiger partial charge on any atom is 0.0364 e. The van der Waals surface area contributed by atoms with E-state index in [1.165, 1.54) is 10.6 Å². The molecule has 102 valence electrons. The van der Waals surface area contributed by atoms with E-state index < -0.39 is 0 Å². The van der Waals surface area contributed by atoms with E-state index in [0.717, 1.165) is 25.3 Å². The molecule has 0 heterocycles. The molecule has 0 fully saturated rings. The van der Waals surface area contributed by atoms with Crippen LogP contribution < -0.4 is 10.6 Å². The third kappa shape index (κ3) is 4.91. The van der Waals surface area contributed by atoms with Gasteiger partial charge in [-0.1, -0.05) is 20.8 Å². The van der Waals surface area contributed by atoms with Crippen molar-refractivity contribution < 1.29 is 0 Å². The molecule has 2 nitrogen and oxygen atoms in total. The third-order valence-electron chi connectivity index (χ3n) is 3.27. The maximum atomic E-state index is 5.76. The Morgan fingerprint density at radius 3 is 2.33 bits per heavy atom. The van der Waals surface area contributed by atoms with E-state index in [1.807, 2.05) is 11.8 Å². The van der Waals surface area contributed by atoms with E-state index in [0.29, 0.717) is 0 Å².